The van der Waals surface area contributed by atoms with E-state index in [-0.39, 0.29) is 10.9 Å². The minimum atomic E-state index is -3.68. The highest BCUT2D eigenvalue weighted by Crippen LogP contribution is 2.31. The number of ether oxygens (including phenoxy) is 2. The second kappa shape index (κ2) is 10.4. The van der Waals surface area contributed by atoms with Gasteiger partial charge in [-0.15, -0.1) is 0 Å². The molecule has 0 saturated carbocycles. The first-order valence-corrected chi connectivity index (χ1v) is 13.5. The van der Waals surface area contributed by atoms with Crippen molar-refractivity contribution >= 4 is 10.0 Å². The van der Waals surface area contributed by atoms with Gasteiger partial charge in [0.25, 0.3) is 0 Å². The maximum absolute atomic E-state index is 13.2. The van der Waals surface area contributed by atoms with Gasteiger partial charge < -0.3 is 14.4 Å². The van der Waals surface area contributed by atoms with Gasteiger partial charge >= 0.3 is 0 Å². The lowest BCUT2D eigenvalue weighted by Crippen LogP contribution is -2.48. The molecule has 1 atom stereocenters. The molecule has 35 heavy (non-hydrogen) atoms. The second-order valence-electron chi connectivity index (χ2n) is 9.06. The van der Waals surface area contributed by atoms with E-state index in [0.29, 0.717) is 24.7 Å². The number of para-hydroxylation sites is 1. The van der Waals surface area contributed by atoms with Gasteiger partial charge in [0.15, 0.2) is 0 Å². The Hall–Kier alpha value is -2.91. The fraction of sp³-hybridized carbons (Fsp3) is 0.333. The summed E-state index contributed by atoms with van der Waals surface area (Å²) in [6.07, 6.45) is 0.891. The summed E-state index contributed by atoms with van der Waals surface area (Å²) in [6.45, 7) is 4.70. The van der Waals surface area contributed by atoms with Gasteiger partial charge in [-0.1, -0.05) is 30.3 Å². The van der Waals surface area contributed by atoms with Crippen LogP contribution in [0.1, 0.15) is 17.2 Å². The minimum absolute atomic E-state index is 0.0509. The summed E-state index contributed by atoms with van der Waals surface area (Å²) in [7, 11) is -1.56. The van der Waals surface area contributed by atoms with Crippen LogP contribution in [0.3, 0.4) is 0 Å². The van der Waals surface area contributed by atoms with Crippen LogP contribution in [-0.4, -0.2) is 64.6 Å². The minimum Gasteiger partial charge on any atom is -0.493 e. The van der Waals surface area contributed by atoms with Gasteiger partial charge in [-0.3, -0.25) is 4.90 Å². The molecule has 2 aliphatic rings. The molecule has 184 valence electrons. The fourth-order valence-corrected chi connectivity index (χ4v) is 5.63. The molecule has 1 unspecified atom stereocenters. The quantitative estimate of drug-likeness (QED) is 0.516. The molecule has 3 aromatic carbocycles. The Labute approximate surface area is 207 Å². The number of hydrogen-bond donors (Lipinski definition) is 1. The van der Waals surface area contributed by atoms with Crippen molar-refractivity contribution in [2.45, 2.75) is 17.4 Å². The lowest BCUT2D eigenvalue weighted by molar-refractivity contribution is 0.113. The second-order valence-corrected chi connectivity index (χ2v) is 10.8. The van der Waals surface area contributed by atoms with Crippen LogP contribution in [0.5, 0.6) is 17.2 Å². The van der Waals surface area contributed by atoms with E-state index in [1.165, 1.54) is 5.56 Å². The van der Waals surface area contributed by atoms with Crippen molar-refractivity contribution in [1.29, 1.82) is 0 Å². The van der Waals surface area contributed by atoms with Gasteiger partial charge in [0.1, 0.15) is 17.2 Å². The zero-order valence-electron chi connectivity index (χ0n) is 19.9. The molecule has 0 amide bonds. The van der Waals surface area contributed by atoms with Crippen LogP contribution in [-0.2, 0) is 16.4 Å². The van der Waals surface area contributed by atoms with Crippen molar-refractivity contribution in [3.8, 4) is 17.2 Å². The third-order valence-corrected chi connectivity index (χ3v) is 8.10. The average molecular weight is 494 g/mol. The first-order valence-electron chi connectivity index (χ1n) is 12.0. The Bertz CT molecular complexity index is 1240. The Morgan fingerprint density at radius 1 is 0.943 bits per heavy atom. The Morgan fingerprint density at radius 3 is 2.40 bits per heavy atom. The van der Waals surface area contributed by atoms with Crippen molar-refractivity contribution in [2.75, 3.05) is 46.4 Å². The van der Waals surface area contributed by atoms with Crippen LogP contribution in [0.15, 0.2) is 77.7 Å². The standard InChI is InChI=1S/C27H31N3O4S/c1-29-14-16-30(17-15-29)26(21-7-12-27-22(19-21)13-18-33-27)20-28-35(31,32)25-10-8-24(9-11-25)34-23-5-3-2-4-6-23/h2-12,19,26,28H,13-18,20H2,1H3. The number of sulfonamides is 1. The molecule has 0 bridgehead atoms. The van der Waals surface area contributed by atoms with E-state index in [2.05, 4.69) is 33.7 Å². The van der Waals surface area contributed by atoms with Crippen molar-refractivity contribution in [1.82, 2.24) is 14.5 Å². The highest BCUT2D eigenvalue weighted by molar-refractivity contribution is 7.89. The molecule has 3 aromatic rings. The molecule has 0 aliphatic carbocycles. The molecule has 8 heteroatoms. The Balaban J connectivity index is 1.31. The molecule has 0 radical (unpaired) electrons. The maximum atomic E-state index is 13.2. The topological polar surface area (TPSA) is 71.1 Å². The van der Waals surface area contributed by atoms with E-state index in [1.54, 1.807) is 24.3 Å². The maximum Gasteiger partial charge on any atom is 0.240 e. The van der Waals surface area contributed by atoms with Crippen molar-refractivity contribution in [3.05, 3.63) is 83.9 Å². The van der Waals surface area contributed by atoms with E-state index in [0.717, 1.165) is 43.9 Å². The Kier molecular flexibility index (Phi) is 7.06. The summed E-state index contributed by atoms with van der Waals surface area (Å²) in [5.74, 6) is 2.23. The molecule has 0 aromatic heterocycles. The van der Waals surface area contributed by atoms with Crippen LogP contribution in [0, 0.1) is 0 Å². The Morgan fingerprint density at radius 2 is 1.66 bits per heavy atom. The molecule has 1 N–H and O–H groups in total. The van der Waals surface area contributed by atoms with Gasteiger partial charge in [-0.25, -0.2) is 13.1 Å². The summed E-state index contributed by atoms with van der Waals surface area (Å²) < 4.78 is 40.6. The van der Waals surface area contributed by atoms with Gasteiger partial charge in [0.2, 0.25) is 10.0 Å². The van der Waals surface area contributed by atoms with E-state index >= 15 is 0 Å². The molecule has 0 spiro atoms. The number of likely N-dealkylation sites (N-methyl/N-ethyl adjacent to an activating group) is 1. The predicted octanol–water partition coefficient (Wildman–Crippen LogP) is 3.68. The highest BCUT2D eigenvalue weighted by atomic mass is 32.2. The molecule has 7 nitrogen and oxygen atoms in total. The summed E-state index contributed by atoms with van der Waals surface area (Å²) >= 11 is 0. The third kappa shape index (κ3) is 5.67. The fourth-order valence-electron chi connectivity index (χ4n) is 4.59. The SMILES string of the molecule is CN1CCN(C(CNS(=O)(=O)c2ccc(Oc3ccccc3)cc2)c2ccc3c(c2)CCO3)CC1. The largest absolute Gasteiger partial charge is 0.493 e. The van der Waals surface area contributed by atoms with Crippen molar-refractivity contribution in [3.63, 3.8) is 0 Å². The number of rotatable bonds is 8. The number of piperazine rings is 1. The lowest BCUT2D eigenvalue weighted by Gasteiger charge is -2.38. The van der Waals surface area contributed by atoms with Crippen molar-refractivity contribution < 1.29 is 17.9 Å². The smallest absolute Gasteiger partial charge is 0.240 e. The number of nitrogens with one attached hydrogen (secondary N) is 1. The third-order valence-electron chi connectivity index (χ3n) is 6.66. The summed E-state index contributed by atoms with van der Waals surface area (Å²) in [6, 6.07) is 22.1. The number of hydrogen-bond acceptors (Lipinski definition) is 6. The predicted molar refractivity (Wildman–Crippen MR) is 136 cm³/mol. The van der Waals surface area contributed by atoms with Crippen LogP contribution in [0.25, 0.3) is 0 Å². The molecule has 1 saturated heterocycles. The van der Waals surface area contributed by atoms with E-state index in [9.17, 15) is 8.42 Å². The highest BCUT2D eigenvalue weighted by Gasteiger charge is 2.27. The molecule has 1 fully saturated rings. The summed E-state index contributed by atoms with van der Waals surface area (Å²) in [4.78, 5) is 4.89. The van der Waals surface area contributed by atoms with Crippen LogP contribution in [0.4, 0.5) is 0 Å². The summed E-state index contributed by atoms with van der Waals surface area (Å²) in [5, 5.41) is 0. The molecule has 2 aliphatic heterocycles. The first-order chi connectivity index (χ1) is 17.0. The average Bonchev–Trinajstić information content (AvgIpc) is 3.34. The molecule has 2 heterocycles. The molecular formula is C27H31N3O4S. The zero-order chi connectivity index (χ0) is 24.3. The van der Waals surface area contributed by atoms with E-state index in [4.69, 9.17) is 9.47 Å². The van der Waals surface area contributed by atoms with E-state index in [1.807, 2.05) is 36.4 Å². The van der Waals surface area contributed by atoms with Crippen LogP contribution >= 0.6 is 0 Å². The zero-order valence-corrected chi connectivity index (χ0v) is 20.7. The molecule has 5 rings (SSSR count). The first kappa shape index (κ1) is 23.8. The lowest BCUT2D eigenvalue weighted by atomic mass is 10.0. The van der Waals surface area contributed by atoms with Gasteiger partial charge in [0.05, 0.1) is 11.5 Å². The van der Waals surface area contributed by atoms with Gasteiger partial charge in [-0.05, 0) is 60.6 Å². The number of fused-ring (bicyclic) bond motifs is 1. The number of benzene rings is 3. The van der Waals surface area contributed by atoms with Gasteiger partial charge in [0, 0.05) is 45.2 Å². The van der Waals surface area contributed by atoms with E-state index < -0.39 is 10.0 Å². The van der Waals surface area contributed by atoms with Crippen LogP contribution in [0.2, 0.25) is 0 Å². The summed E-state index contributed by atoms with van der Waals surface area (Å²) in [5.41, 5.74) is 2.31. The number of nitrogens with zero attached hydrogens (tertiary/aromatic N) is 2. The van der Waals surface area contributed by atoms with Crippen LogP contribution < -0.4 is 14.2 Å². The van der Waals surface area contributed by atoms with Crippen molar-refractivity contribution in [2.24, 2.45) is 0 Å². The van der Waals surface area contributed by atoms with Gasteiger partial charge in [-0.2, -0.15) is 0 Å². The normalized spacial score (nSPS) is 17.5. The monoisotopic (exact) mass is 493 g/mol. The molecular weight excluding hydrogens is 462 g/mol.